The molecule has 4 nitrogen and oxygen atoms in total. The molecule has 1 saturated heterocycles. The van der Waals surface area contributed by atoms with E-state index in [1.54, 1.807) is 25.1 Å². The standard InChI is InChI=1S/C25H29FN2O2/c1-27(2)24(30)25(12-14-28(15-13-25)23(29)18-10-11-18)17-20-6-3-4-9-22(20)19-7-5-8-21(26)16-19/h3-9,16,18H,10-15,17H2,1-2H3. The van der Waals surface area contributed by atoms with Crippen LogP contribution in [0.3, 0.4) is 0 Å². The lowest BCUT2D eigenvalue weighted by Gasteiger charge is -2.42. The molecule has 1 aliphatic heterocycles. The molecular formula is C25H29FN2O2. The summed E-state index contributed by atoms with van der Waals surface area (Å²) in [6, 6.07) is 14.5. The molecule has 0 bridgehead atoms. The highest BCUT2D eigenvalue weighted by molar-refractivity contribution is 5.85. The molecule has 30 heavy (non-hydrogen) atoms. The minimum atomic E-state index is -0.548. The van der Waals surface area contributed by atoms with Crippen molar-refractivity contribution < 1.29 is 14.0 Å². The van der Waals surface area contributed by atoms with Crippen molar-refractivity contribution in [2.24, 2.45) is 11.3 Å². The Morgan fingerprint density at radius 1 is 1.07 bits per heavy atom. The molecule has 0 N–H and O–H groups in total. The van der Waals surface area contributed by atoms with Crippen LogP contribution in [0.4, 0.5) is 4.39 Å². The molecule has 1 saturated carbocycles. The number of carbonyl (C=O) groups excluding carboxylic acids is 2. The van der Waals surface area contributed by atoms with E-state index < -0.39 is 5.41 Å². The second-order valence-electron chi connectivity index (χ2n) is 8.92. The molecule has 2 aromatic rings. The van der Waals surface area contributed by atoms with E-state index in [0.29, 0.717) is 32.4 Å². The average molecular weight is 409 g/mol. The summed E-state index contributed by atoms with van der Waals surface area (Å²) in [5, 5.41) is 0. The van der Waals surface area contributed by atoms with Crippen LogP contribution in [-0.2, 0) is 16.0 Å². The van der Waals surface area contributed by atoms with Gasteiger partial charge >= 0.3 is 0 Å². The highest BCUT2D eigenvalue weighted by Gasteiger charge is 2.45. The number of rotatable bonds is 5. The quantitative estimate of drug-likeness (QED) is 0.746. The van der Waals surface area contributed by atoms with Crippen molar-refractivity contribution in [2.75, 3.05) is 27.2 Å². The van der Waals surface area contributed by atoms with E-state index >= 15 is 0 Å². The summed E-state index contributed by atoms with van der Waals surface area (Å²) in [6.45, 7) is 1.24. The maximum absolute atomic E-state index is 13.8. The van der Waals surface area contributed by atoms with Crippen molar-refractivity contribution >= 4 is 11.8 Å². The van der Waals surface area contributed by atoms with Gasteiger partial charge in [-0.15, -0.1) is 0 Å². The number of nitrogens with zero attached hydrogens (tertiary/aromatic N) is 2. The van der Waals surface area contributed by atoms with Crippen LogP contribution in [-0.4, -0.2) is 48.8 Å². The maximum atomic E-state index is 13.8. The van der Waals surface area contributed by atoms with Gasteiger partial charge < -0.3 is 9.80 Å². The molecule has 2 fully saturated rings. The van der Waals surface area contributed by atoms with Gasteiger partial charge in [0.25, 0.3) is 0 Å². The number of amides is 2. The number of halogens is 1. The zero-order chi connectivity index (χ0) is 21.3. The molecule has 0 atom stereocenters. The summed E-state index contributed by atoms with van der Waals surface area (Å²) in [7, 11) is 3.59. The first-order chi connectivity index (χ1) is 14.4. The molecule has 158 valence electrons. The summed E-state index contributed by atoms with van der Waals surface area (Å²) in [6.07, 6.45) is 3.89. The van der Waals surface area contributed by atoms with Crippen LogP contribution in [0, 0.1) is 17.2 Å². The summed E-state index contributed by atoms with van der Waals surface area (Å²) in [4.78, 5) is 29.4. The SMILES string of the molecule is CN(C)C(=O)C1(Cc2ccccc2-c2cccc(F)c2)CCN(C(=O)C2CC2)CC1. The zero-order valence-electron chi connectivity index (χ0n) is 17.7. The maximum Gasteiger partial charge on any atom is 0.228 e. The van der Waals surface area contributed by atoms with Crippen molar-refractivity contribution in [1.29, 1.82) is 0 Å². The third kappa shape index (κ3) is 4.11. The van der Waals surface area contributed by atoms with E-state index in [1.807, 2.05) is 35.2 Å². The Labute approximate surface area is 177 Å². The van der Waals surface area contributed by atoms with E-state index in [9.17, 15) is 14.0 Å². The fourth-order valence-electron chi connectivity index (χ4n) is 4.66. The molecule has 1 aliphatic carbocycles. The molecule has 2 amide bonds. The first kappa shape index (κ1) is 20.6. The van der Waals surface area contributed by atoms with Crippen LogP contribution in [0.5, 0.6) is 0 Å². The lowest BCUT2D eigenvalue weighted by Crippen LogP contribution is -2.51. The van der Waals surface area contributed by atoms with E-state index in [1.165, 1.54) is 12.1 Å². The van der Waals surface area contributed by atoms with Gasteiger partial charge in [-0.3, -0.25) is 9.59 Å². The molecule has 4 rings (SSSR count). The van der Waals surface area contributed by atoms with Gasteiger partial charge in [0.2, 0.25) is 11.8 Å². The van der Waals surface area contributed by atoms with Gasteiger partial charge in [-0.2, -0.15) is 0 Å². The van der Waals surface area contributed by atoms with Gasteiger partial charge in [0.05, 0.1) is 5.41 Å². The molecule has 2 aromatic carbocycles. The number of benzene rings is 2. The van der Waals surface area contributed by atoms with Crippen LogP contribution in [0.1, 0.15) is 31.2 Å². The zero-order valence-corrected chi connectivity index (χ0v) is 17.7. The Balaban J connectivity index is 1.63. The van der Waals surface area contributed by atoms with Crippen LogP contribution in [0.15, 0.2) is 48.5 Å². The Bertz CT molecular complexity index is 944. The Morgan fingerprint density at radius 2 is 1.77 bits per heavy atom. The smallest absolute Gasteiger partial charge is 0.228 e. The average Bonchev–Trinajstić information content (AvgIpc) is 3.59. The monoisotopic (exact) mass is 408 g/mol. The largest absolute Gasteiger partial charge is 0.348 e. The third-order valence-electron chi connectivity index (χ3n) is 6.50. The van der Waals surface area contributed by atoms with Gasteiger partial charge in [0, 0.05) is 33.1 Å². The summed E-state index contributed by atoms with van der Waals surface area (Å²) in [5.41, 5.74) is 2.27. The van der Waals surface area contributed by atoms with Gasteiger partial charge in [0.15, 0.2) is 0 Å². The Morgan fingerprint density at radius 3 is 2.40 bits per heavy atom. The number of carbonyl (C=O) groups is 2. The minimum absolute atomic E-state index is 0.107. The summed E-state index contributed by atoms with van der Waals surface area (Å²) in [5.74, 6) is 0.292. The molecule has 0 aromatic heterocycles. The van der Waals surface area contributed by atoms with Crippen LogP contribution in [0.2, 0.25) is 0 Å². The number of hydrogen-bond acceptors (Lipinski definition) is 2. The lowest BCUT2D eigenvalue weighted by molar-refractivity contribution is -0.146. The number of piperidine rings is 1. The van der Waals surface area contributed by atoms with Crippen molar-refractivity contribution in [3.05, 3.63) is 59.9 Å². The highest BCUT2D eigenvalue weighted by atomic mass is 19.1. The Kier molecular flexibility index (Phi) is 5.63. The minimum Gasteiger partial charge on any atom is -0.348 e. The number of likely N-dealkylation sites (tertiary alicyclic amines) is 1. The topological polar surface area (TPSA) is 40.6 Å². The first-order valence-electron chi connectivity index (χ1n) is 10.7. The summed E-state index contributed by atoms with van der Waals surface area (Å²) < 4.78 is 13.8. The van der Waals surface area contributed by atoms with Gasteiger partial charge in [0.1, 0.15) is 5.82 Å². The molecular weight excluding hydrogens is 379 g/mol. The van der Waals surface area contributed by atoms with Crippen molar-refractivity contribution in [3.8, 4) is 11.1 Å². The van der Waals surface area contributed by atoms with Crippen LogP contribution in [0.25, 0.3) is 11.1 Å². The molecule has 2 aliphatic rings. The van der Waals surface area contributed by atoms with Gasteiger partial charge in [-0.25, -0.2) is 4.39 Å². The fraction of sp³-hybridized carbons (Fsp3) is 0.440. The molecule has 0 spiro atoms. The predicted molar refractivity (Wildman–Crippen MR) is 115 cm³/mol. The number of hydrogen-bond donors (Lipinski definition) is 0. The van der Waals surface area contributed by atoms with Gasteiger partial charge in [-0.1, -0.05) is 36.4 Å². The van der Waals surface area contributed by atoms with Crippen LogP contribution >= 0.6 is 0 Å². The second-order valence-corrected chi connectivity index (χ2v) is 8.92. The predicted octanol–water partition coefficient (Wildman–Crippen LogP) is 4.14. The summed E-state index contributed by atoms with van der Waals surface area (Å²) >= 11 is 0. The fourth-order valence-corrected chi connectivity index (χ4v) is 4.66. The Hall–Kier alpha value is -2.69. The van der Waals surface area contributed by atoms with E-state index in [2.05, 4.69) is 0 Å². The van der Waals surface area contributed by atoms with E-state index in [-0.39, 0.29) is 23.5 Å². The normalized spacial score (nSPS) is 18.2. The van der Waals surface area contributed by atoms with Crippen molar-refractivity contribution in [3.63, 3.8) is 0 Å². The lowest BCUT2D eigenvalue weighted by atomic mass is 9.71. The van der Waals surface area contributed by atoms with Gasteiger partial charge in [-0.05, 0) is 60.9 Å². The highest BCUT2D eigenvalue weighted by Crippen LogP contribution is 2.41. The molecule has 1 heterocycles. The van der Waals surface area contributed by atoms with E-state index in [4.69, 9.17) is 0 Å². The van der Waals surface area contributed by atoms with E-state index in [0.717, 1.165) is 29.5 Å². The van der Waals surface area contributed by atoms with Crippen LogP contribution < -0.4 is 0 Å². The van der Waals surface area contributed by atoms with Crippen molar-refractivity contribution in [1.82, 2.24) is 9.80 Å². The van der Waals surface area contributed by atoms with Crippen molar-refractivity contribution in [2.45, 2.75) is 32.1 Å². The third-order valence-corrected chi connectivity index (χ3v) is 6.50. The molecule has 0 radical (unpaired) electrons. The molecule has 0 unspecified atom stereocenters. The second kappa shape index (κ2) is 8.21. The molecule has 5 heteroatoms. The first-order valence-corrected chi connectivity index (χ1v) is 10.7.